The van der Waals surface area contributed by atoms with E-state index in [9.17, 15) is 0 Å². The third kappa shape index (κ3) is 2.32. The average molecular weight is 269 g/mol. The van der Waals surface area contributed by atoms with Crippen LogP contribution in [-0.4, -0.2) is 9.97 Å². The number of aromatic amines is 1. The molecule has 3 rings (SSSR count). The standard InChI is InChI=1S/C15H15N3S/c1-10-14(12-4-2-11(8-16)3-5-12)19-15(18-10)13-6-7-17-9-13/h2-7,9,17H,8,16H2,1H3. The molecule has 3 nitrogen and oxygen atoms in total. The summed E-state index contributed by atoms with van der Waals surface area (Å²) in [5.74, 6) is 0. The van der Waals surface area contributed by atoms with Crippen molar-refractivity contribution in [3.8, 4) is 21.0 Å². The quantitative estimate of drug-likeness (QED) is 0.763. The maximum absolute atomic E-state index is 5.62. The lowest BCUT2D eigenvalue weighted by Gasteiger charge is -2.00. The maximum atomic E-state index is 5.62. The average Bonchev–Trinajstić information content (AvgIpc) is 3.08. The number of thiazole rings is 1. The van der Waals surface area contributed by atoms with Gasteiger partial charge in [-0.3, -0.25) is 0 Å². The number of nitrogens with zero attached hydrogens (tertiary/aromatic N) is 1. The van der Waals surface area contributed by atoms with Gasteiger partial charge < -0.3 is 10.7 Å². The second kappa shape index (κ2) is 4.99. The van der Waals surface area contributed by atoms with Crippen LogP contribution in [0.15, 0.2) is 42.7 Å². The molecule has 96 valence electrons. The second-order valence-electron chi connectivity index (χ2n) is 4.43. The van der Waals surface area contributed by atoms with E-state index < -0.39 is 0 Å². The van der Waals surface area contributed by atoms with E-state index in [0.29, 0.717) is 6.54 Å². The molecule has 4 heteroatoms. The molecule has 0 aliphatic rings. The monoisotopic (exact) mass is 269 g/mol. The molecule has 2 heterocycles. The SMILES string of the molecule is Cc1nc(-c2cc[nH]c2)sc1-c1ccc(CN)cc1. The summed E-state index contributed by atoms with van der Waals surface area (Å²) in [5, 5.41) is 1.05. The first-order valence-corrected chi connectivity index (χ1v) is 6.99. The van der Waals surface area contributed by atoms with Gasteiger partial charge in [0.2, 0.25) is 0 Å². The van der Waals surface area contributed by atoms with Crippen molar-refractivity contribution in [2.75, 3.05) is 0 Å². The Labute approximate surface area is 116 Å². The first-order valence-electron chi connectivity index (χ1n) is 6.18. The molecule has 0 saturated carbocycles. The molecule has 0 radical (unpaired) electrons. The van der Waals surface area contributed by atoms with Crippen LogP contribution in [0.1, 0.15) is 11.3 Å². The summed E-state index contributed by atoms with van der Waals surface area (Å²) in [6.07, 6.45) is 3.89. The highest BCUT2D eigenvalue weighted by Gasteiger charge is 2.11. The van der Waals surface area contributed by atoms with E-state index >= 15 is 0 Å². The fourth-order valence-corrected chi connectivity index (χ4v) is 3.10. The van der Waals surface area contributed by atoms with Crippen molar-refractivity contribution in [3.05, 3.63) is 54.0 Å². The molecule has 0 fully saturated rings. The first kappa shape index (κ1) is 12.1. The van der Waals surface area contributed by atoms with Crippen molar-refractivity contribution >= 4 is 11.3 Å². The fourth-order valence-electron chi connectivity index (χ4n) is 2.04. The van der Waals surface area contributed by atoms with E-state index in [4.69, 9.17) is 5.73 Å². The normalized spacial score (nSPS) is 10.8. The molecule has 0 bridgehead atoms. The summed E-state index contributed by atoms with van der Waals surface area (Å²) < 4.78 is 0. The van der Waals surface area contributed by atoms with Crippen molar-refractivity contribution < 1.29 is 0 Å². The van der Waals surface area contributed by atoms with Gasteiger partial charge in [0.1, 0.15) is 5.01 Å². The lowest BCUT2D eigenvalue weighted by Crippen LogP contribution is -1.95. The number of benzene rings is 1. The molecule has 0 amide bonds. The van der Waals surface area contributed by atoms with E-state index in [1.54, 1.807) is 11.3 Å². The van der Waals surface area contributed by atoms with Crippen LogP contribution in [0, 0.1) is 6.92 Å². The highest BCUT2D eigenvalue weighted by molar-refractivity contribution is 7.18. The highest BCUT2D eigenvalue weighted by Crippen LogP contribution is 2.34. The zero-order chi connectivity index (χ0) is 13.2. The van der Waals surface area contributed by atoms with Gasteiger partial charge in [-0.2, -0.15) is 0 Å². The van der Waals surface area contributed by atoms with Crippen LogP contribution >= 0.6 is 11.3 Å². The van der Waals surface area contributed by atoms with Gasteiger partial charge in [0.25, 0.3) is 0 Å². The summed E-state index contributed by atoms with van der Waals surface area (Å²) in [6.45, 7) is 2.63. The van der Waals surface area contributed by atoms with Crippen LogP contribution in [0.2, 0.25) is 0 Å². The number of aromatic nitrogens is 2. The molecule has 3 aromatic rings. The number of nitrogens with two attached hydrogens (primary N) is 1. The Bertz CT molecular complexity index is 666. The number of nitrogens with one attached hydrogen (secondary N) is 1. The van der Waals surface area contributed by atoms with E-state index in [1.165, 1.54) is 10.4 Å². The summed E-state index contributed by atoms with van der Waals surface area (Å²) in [5.41, 5.74) is 10.2. The first-order chi connectivity index (χ1) is 9.28. The van der Waals surface area contributed by atoms with Gasteiger partial charge in [0.15, 0.2) is 0 Å². The summed E-state index contributed by atoms with van der Waals surface area (Å²) in [4.78, 5) is 8.93. The molecular formula is C15H15N3S. The molecule has 0 aliphatic carbocycles. The molecule has 0 saturated heterocycles. The van der Waals surface area contributed by atoms with Crippen LogP contribution in [0.3, 0.4) is 0 Å². The summed E-state index contributed by atoms with van der Waals surface area (Å²) >= 11 is 1.72. The summed E-state index contributed by atoms with van der Waals surface area (Å²) in [6, 6.07) is 10.4. The highest BCUT2D eigenvalue weighted by atomic mass is 32.1. The Hall–Kier alpha value is -1.91. The largest absolute Gasteiger partial charge is 0.367 e. The van der Waals surface area contributed by atoms with Gasteiger partial charge in [-0.1, -0.05) is 24.3 Å². The Morgan fingerprint density at radius 2 is 1.95 bits per heavy atom. The fraction of sp³-hybridized carbons (Fsp3) is 0.133. The van der Waals surface area contributed by atoms with Gasteiger partial charge in [0.05, 0.1) is 10.6 Å². The predicted molar refractivity (Wildman–Crippen MR) is 80.0 cm³/mol. The zero-order valence-electron chi connectivity index (χ0n) is 10.7. The van der Waals surface area contributed by atoms with E-state index in [0.717, 1.165) is 21.8 Å². The second-order valence-corrected chi connectivity index (χ2v) is 5.43. The Kier molecular flexibility index (Phi) is 3.19. The van der Waals surface area contributed by atoms with Crippen molar-refractivity contribution in [1.82, 2.24) is 9.97 Å². The van der Waals surface area contributed by atoms with E-state index in [1.807, 2.05) is 18.5 Å². The van der Waals surface area contributed by atoms with Crippen molar-refractivity contribution in [3.63, 3.8) is 0 Å². The summed E-state index contributed by atoms with van der Waals surface area (Å²) in [7, 11) is 0. The van der Waals surface area contributed by atoms with Gasteiger partial charge in [-0.15, -0.1) is 11.3 Å². The molecule has 0 atom stereocenters. The molecule has 19 heavy (non-hydrogen) atoms. The van der Waals surface area contributed by atoms with Crippen molar-refractivity contribution in [2.45, 2.75) is 13.5 Å². The smallest absolute Gasteiger partial charge is 0.125 e. The minimum Gasteiger partial charge on any atom is -0.367 e. The molecule has 3 N–H and O–H groups in total. The number of rotatable bonds is 3. The minimum absolute atomic E-state index is 0.580. The molecule has 0 unspecified atom stereocenters. The van der Waals surface area contributed by atoms with Crippen LogP contribution in [-0.2, 0) is 6.54 Å². The number of hydrogen-bond acceptors (Lipinski definition) is 3. The molecule has 2 aromatic heterocycles. The maximum Gasteiger partial charge on any atom is 0.125 e. The van der Waals surface area contributed by atoms with Crippen LogP contribution in [0.5, 0.6) is 0 Å². The third-order valence-electron chi connectivity index (χ3n) is 3.09. The number of H-pyrrole nitrogens is 1. The lowest BCUT2D eigenvalue weighted by molar-refractivity contribution is 1.07. The Balaban J connectivity index is 2.00. The third-order valence-corrected chi connectivity index (χ3v) is 4.35. The van der Waals surface area contributed by atoms with E-state index in [2.05, 4.69) is 41.2 Å². The van der Waals surface area contributed by atoms with Gasteiger partial charge in [-0.25, -0.2) is 4.98 Å². The zero-order valence-corrected chi connectivity index (χ0v) is 11.5. The Morgan fingerprint density at radius 1 is 1.16 bits per heavy atom. The number of hydrogen-bond donors (Lipinski definition) is 2. The van der Waals surface area contributed by atoms with Crippen molar-refractivity contribution in [1.29, 1.82) is 0 Å². The molecular weight excluding hydrogens is 254 g/mol. The van der Waals surface area contributed by atoms with Gasteiger partial charge in [0, 0.05) is 24.5 Å². The van der Waals surface area contributed by atoms with Crippen LogP contribution < -0.4 is 5.73 Å². The molecule has 0 aliphatic heterocycles. The van der Waals surface area contributed by atoms with Crippen LogP contribution in [0.25, 0.3) is 21.0 Å². The predicted octanol–water partition coefficient (Wildman–Crippen LogP) is 3.57. The van der Waals surface area contributed by atoms with E-state index in [-0.39, 0.29) is 0 Å². The number of aryl methyl sites for hydroxylation is 1. The van der Waals surface area contributed by atoms with Crippen LogP contribution in [0.4, 0.5) is 0 Å². The minimum atomic E-state index is 0.580. The van der Waals surface area contributed by atoms with Crippen molar-refractivity contribution in [2.24, 2.45) is 5.73 Å². The lowest BCUT2D eigenvalue weighted by atomic mass is 10.1. The Morgan fingerprint density at radius 3 is 2.58 bits per heavy atom. The molecule has 0 spiro atoms. The molecule has 1 aromatic carbocycles. The van der Waals surface area contributed by atoms with Gasteiger partial charge >= 0.3 is 0 Å². The topological polar surface area (TPSA) is 54.7 Å². The van der Waals surface area contributed by atoms with Gasteiger partial charge in [-0.05, 0) is 24.1 Å².